The average Bonchev–Trinajstić information content (AvgIpc) is 1.88. The number of nitrogens with zero attached hydrogens (tertiary/aromatic N) is 3. The maximum atomic E-state index is 6.58. The molecule has 0 aliphatic heterocycles. The van der Waals surface area contributed by atoms with Crippen molar-refractivity contribution in [3.8, 4) is 0 Å². The zero-order valence-electron chi connectivity index (χ0n) is 10.9. The Bertz CT molecular complexity index is 38.3. The van der Waals surface area contributed by atoms with Crippen LogP contribution in [0.3, 0.4) is 0 Å². The van der Waals surface area contributed by atoms with E-state index in [4.69, 9.17) is 5.73 Å². The van der Waals surface area contributed by atoms with Gasteiger partial charge in [0.25, 0.3) is 0 Å². The first-order valence-corrected chi connectivity index (χ1v) is 4.13. The zero-order chi connectivity index (χ0) is 11.7. The van der Waals surface area contributed by atoms with Gasteiger partial charge in [-0.2, -0.15) is 42.3 Å². The van der Waals surface area contributed by atoms with Gasteiger partial charge in [0.05, 0.1) is 0 Å². The Hall–Kier alpha value is 0.554. The summed E-state index contributed by atoms with van der Waals surface area (Å²) in [5.41, 5.74) is 6.58. The first kappa shape index (κ1) is 29.3. The summed E-state index contributed by atoms with van der Waals surface area (Å²) in [4.78, 5) is 0. The van der Waals surface area contributed by atoms with E-state index in [0.717, 1.165) is 0 Å². The number of nitrogens with one attached hydrogen (secondary N) is 1. The van der Waals surface area contributed by atoms with Crippen LogP contribution in [0.4, 0.5) is 0 Å². The van der Waals surface area contributed by atoms with Crippen LogP contribution in [0.2, 0.25) is 0 Å². The Morgan fingerprint density at radius 1 is 0.714 bits per heavy atom. The molecule has 0 aliphatic carbocycles. The molecule has 0 spiro atoms. The van der Waals surface area contributed by atoms with Crippen molar-refractivity contribution in [2.45, 2.75) is 19.9 Å². The molecule has 0 aromatic carbocycles. The van der Waals surface area contributed by atoms with Gasteiger partial charge in [0.2, 0.25) is 0 Å². The second-order valence-electron chi connectivity index (χ2n) is 2.50. The topological polar surface area (TPSA) is 66.1 Å². The Kier molecular flexibility index (Phi) is 104. The molecule has 0 radical (unpaired) electrons. The second kappa shape index (κ2) is 49.7. The normalized spacial score (nSPS) is 6.43. The van der Waals surface area contributed by atoms with Crippen LogP contribution in [0.25, 0.3) is 21.7 Å². The monoisotopic (exact) mass is 238 g/mol. The molecule has 0 bridgehead atoms. The van der Waals surface area contributed by atoms with E-state index in [2.05, 4.69) is 16.0 Å². The van der Waals surface area contributed by atoms with Gasteiger partial charge >= 0.3 is 21.7 Å². The fourth-order valence-electron chi connectivity index (χ4n) is 0. The number of hydrogen-bond acceptors (Lipinski definition) is 0. The molecule has 0 unspecified atom stereocenters. The van der Waals surface area contributed by atoms with Crippen LogP contribution in [0.1, 0.15) is 13.8 Å². The Morgan fingerprint density at radius 2 is 0.714 bits per heavy atom. The van der Waals surface area contributed by atoms with Gasteiger partial charge in [0, 0.05) is 0 Å². The van der Waals surface area contributed by atoms with Crippen LogP contribution in [0, 0.1) is 0 Å². The molecule has 0 amide bonds. The van der Waals surface area contributed by atoms with E-state index < -0.39 is 0 Å². The van der Waals surface area contributed by atoms with E-state index in [1.165, 1.54) is 0 Å². The molecule has 0 atom stereocenters. The summed E-state index contributed by atoms with van der Waals surface area (Å²) in [6.45, 7) is 3.67. The van der Waals surface area contributed by atoms with Crippen molar-refractivity contribution >= 4 is 0 Å². The van der Waals surface area contributed by atoms with Crippen molar-refractivity contribution < 1.29 is 21.7 Å². The first-order valence-electron chi connectivity index (χ1n) is 4.13. The number of rotatable bonds is 0. The molecule has 0 fully saturated rings. The van der Waals surface area contributed by atoms with E-state index in [1.54, 1.807) is 42.3 Å². The number of hydrogen-bond donors (Lipinski definition) is 0. The van der Waals surface area contributed by atoms with Crippen LogP contribution in [0.15, 0.2) is 0 Å². The summed E-state index contributed by atoms with van der Waals surface area (Å²) in [6, 6.07) is 0.0833. The first-order chi connectivity index (χ1) is 5.97. The maximum absolute atomic E-state index is 6.58. The van der Waals surface area contributed by atoms with Crippen LogP contribution >= 0.6 is 0 Å². The molecular weight excluding hydrogens is 212 g/mol. The third kappa shape index (κ3) is 5460. The van der Waals surface area contributed by atoms with E-state index in [0.29, 0.717) is 0 Å². The maximum Gasteiger partial charge on any atom is 4.00 e. The van der Waals surface area contributed by atoms with Crippen molar-refractivity contribution in [1.82, 2.24) is 0 Å². The quantitative estimate of drug-likeness (QED) is 0.581. The van der Waals surface area contributed by atoms with Gasteiger partial charge in [-0.3, -0.25) is 0 Å². The van der Waals surface area contributed by atoms with Gasteiger partial charge in [-0.15, -0.1) is 6.04 Å². The van der Waals surface area contributed by atoms with Gasteiger partial charge < -0.3 is 21.7 Å². The summed E-state index contributed by atoms with van der Waals surface area (Å²) in [5, 5.41) is 10.5. The zero-order valence-corrected chi connectivity index (χ0v) is 12.5. The van der Waals surface area contributed by atoms with Gasteiger partial charge in [-0.05, 0) is 0 Å². The molecule has 0 rings (SSSR count). The van der Waals surface area contributed by atoms with Crippen molar-refractivity contribution in [2.75, 3.05) is 42.3 Å². The molecule has 0 heterocycles. The third-order valence-corrected chi connectivity index (χ3v) is 0. The van der Waals surface area contributed by atoms with Crippen LogP contribution in [-0.4, -0.2) is 48.3 Å². The minimum absolute atomic E-state index is 0. The van der Waals surface area contributed by atoms with Crippen molar-refractivity contribution in [3.63, 3.8) is 0 Å². The van der Waals surface area contributed by atoms with Gasteiger partial charge in [-0.25, -0.2) is 0 Å². The SMILES string of the molecule is CC(C)[NH-].C[N-]C.C[N-]C.C[N-]C.[Ti+4]. The molecule has 86 valence electrons. The molecular formula is C9H26N4Ti. The van der Waals surface area contributed by atoms with Crippen molar-refractivity contribution in [3.05, 3.63) is 21.7 Å². The Morgan fingerprint density at radius 3 is 0.714 bits per heavy atom. The molecule has 5 heteroatoms. The standard InChI is InChI=1S/C3H8N.3C2H6N.Ti/c1-3(2)4;3*1-3-2;/h3-4H,1-2H3;3*1-2H3;/q4*-1;+4. The fraction of sp³-hybridized carbons (Fsp3) is 1.00. The summed E-state index contributed by atoms with van der Waals surface area (Å²) >= 11 is 0. The molecule has 0 aromatic heterocycles. The minimum atomic E-state index is 0. The predicted molar refractivity (Wildman–Crippen MR) is 65.1 cm³/mol. The molecule has 1 N–H and O–H groups in total. The van der Waals surface area contributed by atoms with Crippen molar-refractivity contribution in [1.29, 1.82) is 0 Å². The molecule has 4 nitrogen and oxygen atoms in total. The third-order valence-electron chi connectivity index (χ3n) is 0. The van der Waals surface area contributed by atoms with E-state index >= 15 is 0 Å². The molecule has 0 aliphatic rings. The molecule has 14 heavy (non-hydrogen) atoms. The predicted octanol–water partition coefficient (Wildman–Crippen LogP) is 3.30. The minimum Gasteiger partial charge on any atom is -0.675 e. The second-order valence-corrected chi connectivity index (χ2v) is 2.50. The van der Waals surface area contributed by atoms with Crippen LogP contribution in [-0.2, 0) is 21.7 Å². The summed E-state index contributed by atoms with van der Waals surface area (Å²) in [6.07, 6.45) is 0. The van der Waals surface area contributed by atoms with Crippen molar-refractivity contribution in [2.24, 2.45) is 0 Å². The summed E-state index contributed by atoms with van der Waals surface area (Å²) < 4.78 is 0. The molecule has 0 aromatic rings. The molecule has 0 saturated heterocycles. The van der Waals surface area contributed by atoms with Crippen LogP contribution in [0.5, 0.6) is 0 Å². The largest absolute Gasteiger partial charge is 4.00 e. The van der Waals surface area contributed by atoms with Gasteiger partial charge in [-0.1, -0.05) is 13.8 Å². The van der Waals surface area contributed by atoms with E-state index in [9.17, 15) is 0 Å². The smallest absolute Gasteiger partial charge is 0.675 e. The van der Waals surface area contributed by atoms with Gasteiger partial charge in [0.1, 0.15) is 0 Å². The van der Waals surface area contributed by atoms with E-state index in [-0.39, 0.29) is 27.8 Å². The summed E-state index contributed by atoms with van der Waals surface area (Å²) in [5.74, 6) is 0. The average molecular weight is 238 g/mol. The molecule has 0 saturated carbocycles. The fourth-order valence-corrected chi connectivity index (χ4v) is 0. The summed E-state index contributed by atoms with van der Waals surface area (Å²) in [7, 11) is 10.5. The Labute approximate surface area is 106 Å². The van der Waals surface area contributed by atoms with E-state index in [1.807, 2.05) is 13.8 Å². The van der Waals surface area contributed by atoms with Gasteiger partial charge in [0.15, 0.2) is 0 Å². The Balaban J connectivity index is -0.0000000254. The van der Waals surface area contributed by atoms with Crippen LogP contribution < -0.4 is 0 Å².